The maximum atomic E-state index is 6.14. The largest absolute Gasteiger partial charge is 0.457 e. The lowest BCUT2D eigenvalue weighted by molar-refractivity contribution is 0.470. The Morgan fingerprint density at radius 2 is 1.55 bits per heavy atom. The van der Waals surface area contributed by atoms with Crippen LogP contribution in [0, 0.1) is 6.92 Å². The molecule has 0 atom stereocenters. The molecule has 2 aromatic rings. The monoisotopic (exact) mass is 268 g/mol. The van der Waals surface area contributed by atoms with E-state index in [4.69, 9.17) is 4.74 Å². The summed E-state index contributed by atoms with van der Waals surface area (Å²) in [6.07, 6.45) is 0. The lowest BCUT2D eigenvalue weighted by Crippen LogP contribution is -2.01. The highest BCUT2D eigenvalue weighted by Crippen LogP contribution is 2.36. The van der Waals surface area contributed by atoms with E-state index in [0.717, 1.165) is 11.5 Å². The highest BCUT2D eigenvalue weighted by molar-refractivity contribution is 5.46. The first kappa shape index (κ1) is 14.6. The average Bonchev–Trinajstić information content (AvgIpc) is 2.38. The van der Waals surface area contributed by atoms with E-state index in [1.165, 1.54) is 16.7 Å². The Bertz CT molecular complexity index is 582. The smallest absolute Gasteiger partial charge is 0.131 e. The fourth-order valence-corrected chi connectivity index (χ4v) is 2.58. The van der Waals surface area contributed by atoms with Crippen LogP contribution in [0.2, 0.25) is 0 Å². The van der Waals surface area contributed by atoms with E-state index in [-0.39, 0.29) is 0 Å². The SMILES string of the molecule is Cc1cccc(Oc2cccc(C(C)C)c2C(C)C)c1. The minimum atomic E-state index is 0.452. The van der Waals surface area contributed by atoms with Crippen molar-refractivity contribution in [2.45, 2.75) is 46.5 Å². The molecule has 0 aliphatic carbocycles. The third kappa shape index (κ3) is 3.22. The van der Waals surface area contributed by atoms with Gasteiger partial charge in [0.2, 0.25) is 0 Å². The third-order valence-electron chi connectivity index (χ3n) is 3.52. The van der Waals surface area contributed by atoms with E-state index in [1.54, 1.807) is 0 Å². The zero-order valence-electron chi connectivity index (χ0n) is 13.1. The summed E-state index contributed by atoms with van der Waals surface area (Å²) in [5, 5.41) is 0. The summed E-state index contributed by atoms with van der Waals surface area (Å²) in [6.45, 7) is 11.0. The zero-order valence-corrected chi connectivity index (χ0v) is 13.1. The van der Waals surface area contributed by atoms with Crippen molar-refractivity contribution < 1.29 is 4.74 Å². The molecule has 0 bridgehead atoms. The zero-order chi connectivity index (χ0) is 14.7. The molecule has 0 fully saturated rings. The number of aryl methyl sites for hydroxylation is 1. The van der Waals surface area contributed by atoms with Gasteiger partial charge in [-0.25, -0.2) is 0 Å². The molecule has 0 N–H and O–H groups in total. The molecule has 1 nitrogen and oxygen atoms in total. The maximum Gasteiger partial charge on any atom is 0.131 e. The van der Waals surface area contributed by atoms with Gasteiger partial charge in [0.1, 0.15) is 11.5 Å². The fraction of sp³-hybridized carbons (Fsp3) is 0.368. The molecule has 0 heterocycles. The van der Waals surface area contributed by atoms with Crippen molar-refractivity contribution in [2.75, 3.05) is 0 Å². The van der Waals surface area contributed by atoms with Gasteiger partial charge in [0.05, 0.1) is 0 Å². The van der Waals surface area contributed by atoms with Crippen LogP contribution in [-0.4, -0.2) is 0 Å². The highest BCUT2D eigenvalue weighted by atomic mass is 16.5. The van der Waals surface area contributed by atoms with E-state index in [0.29, 0.717) is 11.8 Å². The van der Waals surface area contributed by atoms with Crippen molar-refractivity contribution in [3.8, 4) is 11.5 Å². The maximum absolute atomic E-state index is 6.14. The number of hydrogen-bond donors (Lipinski definition) is 0. The van der Waals surface area contributed by atoms with Crippen molar-refractivity contribution >= 4 is 0 Å². The van der Waals surface area contributed by atoms with Gasteiger partial charge in [-0.2, -0.15) is 0 Å². The van der Waals surface area contributed by atoms with E-state index in [2.05, 4.69) is 65.0 Å². The Kier molecular flexibility index (Phi) is 4.49. The van der Waals surface area contributed by atoms with Gasteiger partial charge in [-0.3, -0.25) is 0 Å². The number of benzene rings is 2. The van der Waals surface area contributed by atoms with E-state index >= 15 is 0 Å². The summed E-state index contributed by atoms with van der Waals surface area (Å²) in [7, 11) is 0. The summed E-state index contributed by atoms with van der Waals surface area (Å²) in [5.41, 5.74) is 3.92. The molecule has 0 spiro atoms. The van der Waals surface area contributed by atoms with Crippen LogP contribution in [0.3, 0.4) is 0 Å². The van der Waals surface area contributed by atoms with Crippen LogP contribution in [0.1, 0.15) is 56.2 Å². The predicted octanol–water partition coefficient (Wildman–Crippen LogP) is 6.03. The molecule has 0 amide bonds. The molecule has 106 valence electrons. The van der Waals surface area contributed by atoms with Crippen LogP contribution in [-0.2, 0) is 0 Å². The second-order valence-electron chi connectivity index (χ2n) is 5.99. The summed E-state index contributed by atoms with van der Waals surface area (Å²) >= 11 is 0. The molecule has 2 rings (SSSR count). The molecule has 0 radical (unpaired) electrons. The van der Waals surface area contributed by atoms with Gasteiger partial charge in [0.25, 0.3) is 0 Å². The first-order valence-corrected chi connectivity index (χ1v) is 7.36. The van der Waals surface area contributed by atoms with Crippen LogP contribution < -0.4 is 4.74 Å². The topological polar surface area (TPSA) is 9.23 Å². The molecule has 2 aromatic carbocycles. The summed E-state index contributed by atoms with van der Waals surface area (Å²) in [4.78, 5) is 0. The van der Waals surface area contributed by atoms with Crippen LogP contribution in [0.4, 0.5) is 0 Å². The van der Waals surface area contributed by atoms with Crippen molar-refractivity contribution in [1.82, 2.24) is 0 Å². The van der Waals surface area contributed by atoms with Crippen LogP contribution in [0.5, 0.6) is 11.5 Å². The van der Waals surface area contributed by atoms with Crippen LogP contribution in [0.15, 0.2) is 42.5 Å². The molecular weight excluding hydrogens is 244 g/mol. The molecule has 0 saturated carbocycles. The second-order valence-corrected chi connectivity index (χ2v) is 5.99. The number of hydrogen-bond acceptors (Lipinski definition) is 1. The Morgan fingerprint density at radius 1 is 0.850 bits per heavy atom. The second kappa shape index (κ2) is 6.13. The summed E-state index contributed by atoms with van der Waals surface area (Å²) < 4.78 is 6.14. The first-order chi connectivity index (χ1) is 9.49. The lowest BCUT2D eigenvalue weighted by atomic mass is 9.90. The molecule has 1 heteroatoms. The van der Waals surface area contributed by atoms with E-state index in [1.807, 2.05) is 12.1 Å². The minimum absolute atomic E-state index is 0.452. The molecule has 0 aliphatic heterocycles. The van der Waals surface area contributed by atoms with Crippen molar-refractivity contribution in [1.29, 1.82) is 0 Å². The first-order valence-electron chi connectivity index (χ1n) is 7.36. The molecule has 0 aliphatic rings. The minimum Gasteiger partial charge on any atom is -0.457 e. The van der Waals surface area contributed by atoms with Crippen molar-refractivity contribution in [2.24, 2.45) is 0 Å². The standard InChI is InChI=1S/C19H24O/c1-13(2)17-10-7-11-18(19(17)14(3)4)20-16-9-6-8-15(5)12-16/h6-14H,1-5H3. The van der Waals surface area contributed by atoms with Gasteiger partial charge >= 0.3 is 0 Å². The summed E-state index contributed by atoms with van der Waals surface area (Å²) in [6, 6.07) is 14.6. The fourth-order valence-electron chi connectivity index (χ4n) is 2.58. The van der Waals surface area contributed by atoms with E-state index < -0.39 is 0 Å². The van der Waals surface area contributed by atoms with Gasteiger partial charge in [-0.15, -0.1) is 0 Å². The highest BCUT2D eigenvalue weighted by Gasteiger charge is 2.15. The molecule has 20 heavy (non-hydrogen) atoms. The Hall–Kier alpha value is -1.76. The van der Waals surface area contributed by atoms with Gasteiger partial charge in [-0.05, 0) is 48.1 Å². The van der Waals surface area contributed by atoms with Crippen LogP contribution >= 0.6 is 0 Å². The van der Waals surface area contributed by atoms with E-state index in [9.17, 15) is 0 Å². The molecule has 0 saturated heterocycles. The summed E-state index contributed by atoms with van der Waals surface area (Å²) in [5.74, 6) is 2.85. The van der Waals surface area contributed by atoms with Crippen molar-refractivity contribution in [3.63, 3.8) is 0 Å². The predicted molar refractivity (Wildman–Crippen MR) is 85.9 cm³/mol. The molecular formula is C19H24O. The Balaban J connectivity index is 2.43. The number of ether oxygens (including phenoxy) is 1. The number of rotatable bonds is 4. The third-order valence-corrected chi connectivity index (χ3v) is 3.52. The quantitative estimate of drug-likeness (QED) is 0.657. The lowest BCUT2D eigenvalue weighted by Gasteiger charge is -2.20. The Morgan fingerprint density at radius 3 is 2.15 bits per heavy atom. The van der Waals surface area contributed by atoms with Gasteiger partial charge < -0.3 is 4.74 Å². The molecule has 0 aromatic heterocycles. The van der Waals surface area contributed by atoms with Crippen molar-refractivity contribution in [3.05, 3.63) is 59.2 Å². The van der Waals surface area contributed by atoms with Gasteiger partial charge in [-0.1, -0.05) is 52.0 Å². The average molecular weight is 268 g/mol. The normalized spacial score (nSPS) is 11.2. The van der Waals surface area contributed by atoms with Gasteiger partial charge in [0.15, 0.2) is 0 Å². The van der Waals surface area contributed by atoms with Crippen LogP contribution in [0.25, 0.3) is 0 Å². The molecule has 0 unspecified atom stereocenters. The Labute approximate surface area is 122 Å². The van der Waals surface area contributed by atoms with Gasteiger partial charge in [0, 0.05) is 5.56 Å².